The van der Waals surface area contributed by atoms with Crippen LogP contribution < -0.4 is 5.32 Å². The molecule has 1 fully saturated rings. The summed E-state index contributed by atoms with van der Waals surface area (Å²) in [5, 5.41) is 3.81. The van der Waals surface area contributed by atoms with Crippen molar-refractivity contribution < 1.29 is 23.5 Å². The molecule has 34 heavy (non-hydrogen) atoms. The number of benzene rings is 1. The molecule has 0 spiro atoms. The highest BCUT2D eigenvalue weighted by atomic mass is 35.5. The number of hydrogen-bond donors (Lipinski definition) is 2. The Morgan fingerprint density at radius 3 is 2.79 bits per heavy atom. The lowest BCUT2D eigenvalue weighted by Crippen LogP contribution is -2.53. The van der Waals surface area contributed by atoms with Crippen LogP contribution in [0.2, 0.25) is 5.15 Å². The number of ether oxygens (including phenoxy) is 1. The second-order valence-corrected chi connectivity index (χ2v) is 8.67. The molecule has 2 aromatic heterocycles. The van der Waals surface area contributed by atoms with Gasteiger partial charge in [0.2, 0.25) is 5.91 Å². The van der Waals surface area contributed by atoms with Gasteiger partial charge in [0.05, 0.1) is 24.7 Å². The number of fused-ring (bicyclic) bond motifs is 1. The van der Waals surface area contributed by atoms with Gasteiger partial charge in [-0.3, -0.25) is 14.4 Å². The first-order valence-electron chi connectivity index (χ1n) is 10.9. The van der Waals surface area contributed by atoms with Crippen molar-refractivity contribution in [2.45, 2.75) is 25.3 Å². The maximum Gasteiger partial charge on any atom is 0.310 e. The summed E-state index contributed by atoms with van der Waals surface area (Å²) in [6.45, 7) is 0.691. The highest BCUT2D eigenvalue weighted by molar-refractivity contribution is 6.30. The average molecular weight is 487 g/mol. The molecule has 1 unspecified atom stereocenters. The first-order chi connectivity index (χ1) is 16.3. The van der Waals surface area contributed by atoms with Gasteiger partial charge < -0.3 is 19.9 Å². The Balaban J connectivity index is 1.56. The number of piperidine rings is 1. The maximum atomic E-state index is 13.5. The minimum atomic E-state index is -0.914. The van der Waals surface area contributed by atoms with Crippen LogP contribution in [0.4, 0.5) is 4.39 Å². The fraction of sp³-hybridized carbons (Fsp3) is 0.333. The van der Waals surface area contributed by atoms with Crippen LogP contribution in [0.15, 0.2) is 42.6 Å². The van der Waals surface area contributed by atoms with Crippen molar-refractivity contribution in [2.75, 3.05) is 20.2 Å². The van der Waals surface area contributed by atoms with E-state index in [1.165, 1.54) is 25.4 Å². The number of halogens is 2. The normalized spacial score (nSPS) is 16.8. The Morgan fingerprint density at radius 2 is 2.06 bits per heavy atom. The molecule has 178 valence electrons. The molecule has 0 saturated carbocycles. The second kappa shape index (κ2) is 10.2. The summed E-state index contributed by atoms with van der Waals surface area (Å²) in [6, 6.07) is 8.11. The molecule has 8 nitrogen and oxygen atoms in total. The number of nitrogens with zero attached hydrogens (tertiary/aromatic N) is 2. The van der Waals surface area contributed by atoms with Crippen molar-refractivity contribution in [3.63, 3.8) is 0 Å². The predicted molar refractivity (Wildman–Crippen MR) is 124 cm³/mol. The molecular formula is C24H24ClFN4O4. The zero-order valence-corrected chi connectivity index (χ0v) is 19.3. The molecule has 0 bridgehead atoms. The first kappa shape index (κ1) is 23.7. The van der Waals surface area contributed by atoms with Gasteiger partial charge in [0.25, 0.3) is 5.91 Å². The van der Waals surface area contributed by atoms with Crippen LogP contribution in [0.3, 0.4) is 0 Å². The van der Waals surface area contributed by atoms with Gasteiger partial charge in [-0.25, -0.2) is 9.37 Å². The number of likely N-dealkylation sites (tertiary alicyclic amines) is 1. The number of methoxy groups -OCH3 is 1. The third-order valence-corrected chi connectivity index (χ3v) is 6.15. The van der Waals surface area contributed by atoms with Crippen LogP contribution in [-0.2, 0) is 20.7 Å². The Hall–Kier alpha value is -3.46. The minimum Gasteiger partial charge on any atom is -0.469 e. The molecule has 4 rings (SSSR count). The molecule has 10 heteroatoms. The zero-order chi connectivity index (χ0) is 24.2. The molecule has 2 amide bonds. The Kier molecular flexibility index (Phi) is 7.12. The highest BCUT2D eigenvalue weighted by Gasteiger charge is 2.33. The molecule has 1 aliphatic heterocycles. The molecule has 3 aromatic rings. The van der Waals surface area contributed by atoms with Gasteiger partial charge in [-0.2, -0.15) is 0 Å². The van der Waals surface area contributed by atoms with Gasteiger partial charge in [-0.05, 0) is 42.7 Å². The summed E-state index contributed by atoms with van der Waals surface area (Å²) in [5.74, 6) is -1.95. The SMILES string of the molecule is COC(=O)C1CCCN(C(=O)[C@H](Cc2ccc(F)cc2)NC(=O)c2cc3cc(Cl)ncc3[nH]2)C1. The van der Waals surface area contributed by atoms with E-state index in [1.54, 1.807) is 29.2 Å². The number of carbonyl (C=O) groups excluding carboxylic acids is 3. The fourth-order valence-corrected chi connectivity index (χ4v) is 4.34. The van der Waals surface area contributed by atoms with E-state index in [4.69, 9.17) is 16.3 Å². The number of hydrogen-bond acceptors (Lipinski definition) is 5. The van der Waals surface area contributed by atoms with Gasteiger partial charge in [0, 0.05) is 24.9 Å². The van der Waals surface area contributed by atoms with E-state index in [-0.39, 0.29) is 30.5 Å². The van der Waals surface area contributed by atoms with Crippen LogP contribution in [0.25, 0.3) is 10.9 Å². The van der Waals surface area contributed by atoms with Gasteiger partial charge in [0.1, 0.15) is 22.7 Å². The molecule has 1 aromatic carbocycles. The van der Waals surface area contributed by atoms with Crippen molar-refractivity contribution in [1.82, 2.24) is 20.2 Å². The van der Waals surface area contributed by atoms with Crippen molar-refractivity contribution in [1.29, 1.82) is 0 Å². The average Bonchev–Trinajstić information content (AvgIpc) is 3.27. The van der Waals surface area contributed by atoms with Crippen LogP contribution in [-0.4, -0.2) is 58.9 Å². The minimum absolute atomic E-state index is 0.165. The summed E-state index contributed by atoms with van der Waals surface area (Å²) < 4.78 is 18.2. The Bertz CT molecular complexity index is 1210. The molecule has 3 heterocycles. The Morgan fingerprint density at radius 1 is 1.29 bits per heavy atom. The van der Waals surface area contributed by atoms with Crippen molar-refractivity contribution in [2.24, 2.45) is 5.92 Å². The summed E-state index contributed by atoms with van der Waals surface area (Å²) >= 11 is 5.93. The van der Waals surface area contributed by atoms with Gasteiger partial charge in [-0.15, -0.1) is 0 Å². The first-order valence-corrected chi connectivity index (χ1v) is 11.3. The third-order valence-electron chi connectivity index (χ3n) is 5.94. The van der Waals surface area contributed by atoms with Crippen molar-refractivity contribution in [3.05, 3.63) is 64.8 Å². The van der Waals surface area contributed by atoms with E-state index in [0.29, 0.717) is 41.0 Å². The number of H-pyrrole nitrogens is 1. The quantitative estimate of drug-likeness (QED) is 0.411. The monoisotopic (exact) mass is 486 g/mol. The number of nitrogens with one attached hydrogen (secondary N) is 2. The molecule has 1 saturated heterocycles. The number of aromatic nitrogens is 2. The number of rotatable bonds is 6. The molecule has 0 radical (unpaired) electrons. The topological polar surface area (TPSA) is 104 Å². The van der Waals surface area contributed by atoms with Gasteiger partial charge in [0.15, 0.2) is 0 Å². The van der Waals surface area contributed by atoms with E-state index in [0.717, 1.165) is 0 Å². The number of esters is 1. The molecule has 2 N–H and O–H groups in total. The number of aromatic amines is 1. The molecule has 0 aliphatic carbocycles. The van der Waals surface area contributed by atoms with Crippen LogP contribution in [0.5, 0.6) is 0 Å². The Labute approximate surface area is 200 Å². The van der Waals surface area contributed by atoms with E-state index < -0.39 is 23.7 Å². The lowest BCUT2D eigenvalue weighted by molar-refractivity contribution is -0.149. The number of amides is 2. The maximum absolute atomic E-state index is 13.5. The van der Waals surface area contributed by atoms with Crippen molar-refractivity contribution in [3.8, 4) is 0 Å². The van der Waals surface area contributed by atoms with Gasteiger partial charge in [-0.1, -0.05) is 23.7 Å². The summed E-state index contributed by atoms with van der Waals surface area (Å²) in [7, 11) is 1.32. The largest absolute Gasteiger partial charge is 0.469 e. The predicted octanol–water partition coefficient (Wildman–Crippen LogP) is 3.11. The third kappa shape index (κ3) is 5.36. The van der Waals surface area contributed by atoms with E-state index in [2.05, 4.69) is 15.3 Å². The lowest BCUT2D eigenvalue weighted by Gasteiger charge is -2.34. The number of pyridine rings is 1. The van der Waals surface area contributed by atoms with E-state index in [9.17, 15) is 18.8 Å². The summed E-state index contributed by atoms with van der Waals surface area (Å²) in [4.78, 5) is 47.1. The second-order valence-electron chi connectivity index (χ2n) is 8.28. The molecule has 2 atom stereocenters. The standard InChI is InChI=1S/C24H24ClFN4O4/c1-34-24(33)15-3-2-8-30(13-15)23(32)19(9-14-4-6-17(26)7-5-14)29-22(31)18-10-16-11-21(25)27-12-20(16)28-18/h4-7,10-12,15,19,28H,2-3,8-9,13H2,1H3,(H,29,31)/t15?,19-/m0/s1. The van der Waals surface area contributed by atoms with Crippen molar-refractivity contribution >= 4 is 40.3 Å². The zero-order valence-electron chi connectivity index (χ0n) is 18.5. The van der Waals surface area contributed by atoms with Crippen LogP contribution >= 0.6 is 11.6 Å². The van der Waals surface area contributed by atoms with Gasteiger partial charge >= 0.3 is 5.97 Å². The smallest absolute Gasteiger partial charge is 0.310 e. The summed E-state index contributed by atoms with van der Waals surface area (Å²) in [6.07, 6.45) is 2.98. The number of carbonyl (C=O) groups is 3. The van der Waals surface area contributed by atoms with E-state index >= 15 is 0 Å². The van der Waals surface area contributed by atoms with Crippen LogP contribution in [0.1, 0.15) is 28.9 Å². The fourth-order valence-electron chi connectivity index (χ4n) is 4.18. The lowest BCUT2D eigenvalue weighted by atomic mass is 9.96. The highest BCUT2D eigenvalue weighted by Crippen LogP contribution is 2.21. The van der Waals surface area contributed by atoms with E-state index in [1.807, 2.05) is 0 Å². The van der Waals surface area contributed by atoms with Crippen LogP contribution in [0, 0.1) is 11.7 Å². The molecular weight excluding hydrogens is 463 g/mol. The summed E-state index contributed by atoms with van der Waals surface area (Å²) in [5.41, 5.74) is 1.57. The molecule has 1 aliphatic rings.